The molecule has 14 heavy (non-hydrogen) atoms. The first-order valence-electron chi connectivity index (χ1n) is 3.28. The van der Waals surface area contributed by atoms with Crippen molar-refractivity contribution in [3.8, 4) is 0 Å². The molecule has 0 fully saturated rings. The molecule has 8 nitrogen and oxygen atoms in total. The molecule has 0 radical (unpaired) electrons. The number of nitrogens with two attached hydrogens (primary N) is 3. The van der Waals surface area contributed by atoms with Gasteiger partial charge >= 0.3 is 0 Å². The SMILES string of the molecule is NN.NNc1cccc([N+](=O)[O-])c1.O. The van der Waals surface area contributed by atoms with E-state index < -0.39 is 4.92 Å². The predicted octanol–water partition coefficient (Wildman–Crippen LogP) is -1.13. The molecule has 0 unspecified atom stereocenters. The number of hydrogen-bond acceptors (Lipinski definition) is 6. The maximum absolute atomic E-state index is 10.2. The Morgan fingerprint density at radius 2 is 1.93 bits per heavy atom. The van der Waals surface area contributed by atoms with Crippen LogP contribution in [0, 0.1) is 10.1 Å². The van der Waals surface area contributed by atoms with Crippen molar-refractivity contribution in [2.75, 3.05) is 5.43 Å². The number of hydrazine groups is 2. The molecule has 1 aromatic rings. The first-order chi connectivity index (χ1) is 6.24. The topological polar surface area (TPSA) is 165 Å². The average Bonchev–Trinajstić information content (AvgIpc) is 2.21. The van der Waals surface area contributed by atoms with Crippen LogP contribution < -0.4 is 23.0 Å². The molecule has 0 aliphatic rings. The van der Waals surface area contributed by atoms with E-state index >= 15 is 0 Å². The minimum Gasteiger partial charge on any atom is -0.412 e. The summed E-state index contributed by atoms with van der Waals surface area (Å²) in [6, 6.07) is 5.97. The molecule has 0 atom stereocenters. The summed E-state index contributed by atoms with van der Waals surface area (Å²) in [5.41, 5.74) is 2.87. The predicted molar refractivity (Wildman–Crippen MR) is 52.9 cm³/mol. The number of nitro groups is 1. The fraction of sp³-hybridized carbons (Fsp3) is 0. The van der Waals surface area contributed by atoms with Gasteiger partial charge in [-0.25, -0.2) is 0 Å². The normalized spacial score (nSPS) is 7.64. The molecular weight excluding hydrogens is 190 g/mol. The Morgan fingerprint density at radius 3 is 2.36 bits per heavy atom. The lowest BCUT2D eigenvalue weighted by Gasteiger charge is -1.96. The molecule has 9 N–H and O–H groups in total. The van der Waals surface area contributed by atoms with Crippen molar-refractivity contribution in [1.29, 1.82) is 0 Å². The summed E-state index contributed by atoms with van der Waals surface area (Å²) in [5.74, 6) is 13.0. The Hall–Kier alpha value is -1.74. The zero-order chi connectivity index (χ0) is 10.3. The quantitative estimate of drug-likeness (QED) is 0.270. The number of non-ortho nitro benzene ring substituents is 1. The van der Waals surface area contributed by atoms with Gasteiger partial charge in [-0.05, 0) is 6.07 Å². The lowest BCUT2D eigenvalue weighted by molar-refractivity contribution is -0.384. The number of nitrogens with one attached hydrogen (secondary N) is 1. The fourth-order valence-electron chi connectivity index (χ4n) is 0.709. The van der Waals surface area contributed by atoms with E-state index in [-0.39, 0.29) is 11.2 Å². The Labute approximate surface area is 80.1 Å². The summed E-state index contributed by atoms with van der Waals surface area (Å²) >= 11 is 0. The van der Waals surface area contributed by atoms with Gasteiger partial charge in [0.05, 0.1) is 10.6 Å². The van der Waals surface area contributed by atoms with Crippen LogP contribution in [0.5, 0.6) is 0 Å². The maximum Gasteiger partial charge on any atom is 0.271 e. The van der Waals surface area contributed by atoms with Gasteiger partial charge in [0.25, 0.3) is 5.69 Å². The summed E-state index contributed by atoms with van der Waals surface area (Å²) in [4.78, 5) is 9.73. The highest BCUT2D eigenvalue weighted by Gasteiger charge is 2.03. The molecule has 0 aromatic heterocycles. The van der Waals surface area contributed by atoms with E-state index in [0.717, 1.165) is 0 Å². The number of nitrogen functional groups attached to an aromatic ring is 1. The highest BCUT2D eigenvalue weighted by Crippen LogP contribution is 2.15. The van der Waals surface area contributed by atoms with E-state index in [1.54, 1.807) is 12.1 Å². The van der Waals surface area contributed by atoms with Crippen LogP contribution in [0.15, 0.2) is 24.3 Å². The third-order valence-electron chi connectivity index (χ3n) is 1.22. The lowest BCUT2D eigenvalue weighted by atomic mass is 10.3. The number of anilines is 1. The van der Waals surface area contributed by atoms with E-state index in [4.69, 9.17) is 5.84 Å². The van der Waals surface area contributed by atoms with Crippen molar-refractivity contribution in [2.45, 2.75) is 0 Å². The first kappa shape index (κ1) is 14.8. The van der Waals surface area contributed by atoms with Crippen LogP contribution in [0.25, 0.3) is 0 Å². The van der Waals surface area contributed by atoms with Gasteiger partial charge in [0, 0.05) is 12.1 Å². The van der Waals surface area contributed by atoms with E-state index in [2.05, 4.69) is 17.1 Å². The van der Waals surface area contributed by atoms with Crippen molar-refractivity contribution in [3.05, 3.63) is 34.4 Å². The molecule has 0 spiro atoms. The Morgan fingerprint density at radius 1 is 1.36 bits per heavy atom. The van der Waals surface area contributed by atoms with Gasteiger partial charge in [-0.2, -0.15) is 0 Å². The zero-order valence-corrected chi connectivity index (χ0v) is 7.31. The van der Waals surface area contributed by atoms with Gasteiger partial charge in [0.1, 0.15) is 0 Å². The van der Waals surface area contributed by atoms with E-state index in [9.17, 15) is 10.1 Å². The van der Waals surface area contributed by atoms with Crippen molar-refractivity contribution in [2.24, 2.45) is 17.5 Å². The smallest absolute Gasteiger partial charge is 0.271 e. The largest absolute Gasteiger partial charge is 0.412 e. The molecule has 0 saturated carbocycles. The summed E-state index contributed by atoms with van der Waals surface area (Å²) in [6.45, 7) is 0. The minimum atomic E-state index is -0.471. The van der Waals surface area contributed by atoms with Gasteiger partial charge in [-0.1, -0.05) is 6.07 Å². The molecular formula is C6H13N5O3. The van der Waals surface area contributed by atoms with Crippen LogP contribution in [0.4, 0.5) is 11.4 Å². The number of rotatable bonds is 2. The number of hydrogen-bond donors (Lipinski definition) is 4. The third kappa shape index (κ3) is 4.33. The van der Waals surface area contributed by atoms with Crippen molar-refractivity contribution >= 4 is 11.4 Å². The van der Waals surface area contributed by atoms with E-state index in [1.165, 1.54) is 12.1 Å². The van der Waals surface area contributed by atoms with E-state index in [1.807, 2.05) is 0 Å². The summed E-state index contributed by atoms with van der Waals surface area (Å²) in [7, 11) is 0. The highest BCUT2D eigenvalue weighted by atomic mass is 16.6. The van der Waals surface area contributed by atoms with Crippen LogP contribution >= 0.6 is 0 Å². The van der Waals surface area contributed by atoms with Gasteiger partial charge in [-0.15, -0.1) is 0 Å². The van der Waals surface area contributed by atoms with Crippen molar-refractivity contribution in [1.82, 2.24) is 0 Å². The Balaban J connectivity index is 0. The number of benzene rings is 1. The molecule has 0 aliphatic carbocycles. The standard InChI is InChI=1S/C6H7N3O2.H4N2.H2O/c7-8-5-2-1-3-6(4-5)9(10)11;1-2;/h1-4,8H,7H2;1-2H2;1H2. The second-order valence-electron chi connectivity index (χ2n) is 1.95. The monoisotopic (exact) mass is 203 g/mol. The van der Waals surface area contributed by atoms with Crippen LogP contribution in [0.1, 0.15) is 0 Å². The molecule has 1 aromatic carbocycles. The highest BCUT2D eigenvalue weighted by molar-refractivity contribution is 5.49. The average molecular weight is 203 g/mol. The van der Waals surface area contributed by atoms with Crippen LogP contribution in [0.2, 0.25) is 0 Å². The number of nitrogens with zero attached hydrogens (tertiary/aromatic N) is 1. The lowest BCUT2D eigenvalue weighted by Crippen LogP contribution is -2.06. The first-order valence-corrected chi connectivity index (χ1v) is 3.28. The second kappa shape index (κ2) is 7.89. The molecule has 0 amide bonds. The van der Waals surface area contributed by atoms with Crippen molar-refractivity contribution < 1.29 is 10.4 Å². The van der Waals surface area contributed by atoms with Gasteiger partial charge in [0.15, 0.2) is 0 Å². The molecule has 0 saturated heterocycles. The molecule has 0 aliphatic heterocycles. The molecule has 0 heterocycles. The zero-order valence-electron chi connectivity index (χ0n) is 7.31. The third-order valence-corrected chi connectivity index (χ3v) is 1.22. The van der Waals surface area contributed by atoms with Gasteiger partial charge in [-0.3, -0.25) is 27.6 Å². The van der Waals surface area contributed by atoms with Gasteiger partial charge < -0.3 is 10.9 Å². The maximum atomic E-state index is 10.2. The Kier molecular flexibility index (Phi) is 8.32. The summed E-state index contributed by atoms with van der Waals surface area (Å²) < 4.78 is 0. The minimum absolute atomic E-state index is 0. The molecule has 0 bridgehead atoms. The van der Waals surface area contributed by atoms with Crippen LogP contribution in [-0.4, -0.2) is 10.4 Å². The molecule has 8 heteroatoms. The number of nitro benzene ring substituents is 1. The molecule has 80 valence electrons. The van der Waals surface area contributed by atoms with Crippen LogP contribution in [0.3, 0.4) is 0 Å². The Bertz CT molecular complexity index is 280. The summed E-state index contributed by atoms with van der Waals surface area (Å²) in [5, 5.41) is 10.2. The summed E-state index contributed by atoms with van der Waals surface area (Å²) in [6.07, 6.45) is 0. The van der Waals surface area contributed by atoms with Gasteiger partial charge in [0.2, 0.25) is 0 Å². The van der Waals surface area contributed by atoms with E-state index in [0.29, 0.717) is 5.69 Å². The molecule has 1 rings (SSSR count). The second-order valence-corrected chi connectivity index (χ2v) is 1.95. The fourth-order valence-corrected chi connectivity index (χ4v) is 0.709. The van der Waals surface area contributed by atoms with Crippen LogP contribution in [-0.2, 0) is 0 Å². The van der Waals surface area contributed by atoms with Crippen molar-refractivity contribution in [3.63, 3.8) is 0 Å².